The van der Waals surface area contributed by atoms with Crippen molar-refractivity contribution < 1.29 is 8.42 Å². The Bertz CT molecular complexity index is 643. The first-order valence-corrected chi connectivity index (χ1v) is 6.73. The van der Waals surface area contributed by atoms with E-state index in [0.717, 1.165) is 4.31 Å². The summed E-state index contributed by atoms with van der Waals surface area (Å²) in [5.41, 5.74) is 0.201. The van der Waals surface area contributed by atoms with Crippen LogP contribution in [0, 0.1) is 22.7 Å². The Morgan fingerprint density at radius 3 is 2.44 bits per heavy atom. The van der Waals surface area contributed by atoms with Crippen molar-refractivity contribution in [2.24, 2.45) is 0 Å². The van der Waals surface area contributed by atoms with Gasteiger partial charge in [0.1, 0.15) is 12.1 Å². The van der Waals surface area contributed by atoms with Crippen molar-refractivity contribution >= 4 is 21.6 Å². The van der Waals surface area contributed by atoms with Crippen LogP contribution < -0.4 is 0 Å². The first-order valence-electron chi connectivity index (χ1n) is 4.92. The summed E-state index contributed by atoms with van der Waals surface area (Å²) in [5, 5.41) is 17.5. The van der Waals surface area contributed by atoms with E-state index >= 15 is 0 Å². The van der Waals surface area contributed by atoms with Gasteiger partial charge in [0.2, 0.25) is 10.0 Å². The third kappa shape index (κ3) is 2.62. The van der Waals surface area contributed by atoms with Gasteiger partial charge in [0, 0.05) is 7.05 Å². The molecular weight excluding hydrogens is 274 g/mol. The second kappa shape index (κ2) is 5.36. The molecule has 7 heteroatoms. The summed E-state index contributed by atoms with van der Waals surface area (Å²) in [6.45, 7) is 1.48. The molecule has 0 aliphatic carbocycles. The van der Waals surface area contributed by atoms with Gasteiger partial charge in [0.25, 0.3) is 0 Å². The van der Waals surface area contributed by atoms with Gasteiger partial charge in [-0.1, -0.05) is 11.6 Å². The minimum absolute atomic E-state index is 0.0453. The zero-order valence-corrected chi connectivity index (χ0v) is 11.3. The lowest BCUT2D eigenvalue weighted by Gasteiger charge is -2.19. The van der Waals surface area contributed by atoms with E-state index in [0.29, 0.717) is 0 Å². The number of benzene rings is 1. The molecule has 0 radical (unpaired) electrons. The van der Waals surface area contributed by atoms with Gasteiger partial charge in [0.15, 0.2) is 0 Å². The number of halogens is 1. The Kier molecular flexibility index (Phi) is 4.31. The van der Waals surface area contributed by atoms with E-state index in [9.17, 15) is 8.42 Å². The van der Waals surface area contributed by atoms with Crippen LogP contribution in [0.3, 0.4) is 0 Å². The molecule has 1 aromatic carbocycles. The standard InChI is InChI=1S/C11H10ClN3O2S/c1-8(6-13)15(2)18(16,17)10-4-3-9(7-14)11(12)5-10/h3-5,8H,1-2H3. The molecular formula is C11H10ClN3O2S. The van der Waals surface area contributed by atoms with Crippen molar-refractivity contribution in [2.45, 2.75) is 17.9 Å². The Morgan fingerprint density at radius 1 is 1.39 bits per heavy atom. The van der Waals surface area contributed by atoms with Crippen molar-refractivity contribution in [3.05, 3.63) is 28.8 Å². The summed E-state index contributed by atoms with van der Waals surface area (Å²) in [7, 11) is -2.47. The Hall–Kier alpha value is -1.60. The molecule has 0 spiro atoms. The van der Waals surface area contributed by atoms with Gasteiger partial charge in [-0.15, -0.1) is 0 Å². The first-order chi connectivity index (χ1) is 8.34. The Balaban J connectivity index is 3.27. The third-order valence-corrected chi connectivity index (χ3v) is 4.71. The highest BCUT2D eigenvalue weighted by atomic mass is 35.5. The average Bonchev–Trinajstić information content (AvgIpc) is 2.36. The fourth-order valence-corrected chi connectivity index (χ4v) is 2.79. The average molecular weight is 284 g/mol. The summed E-state index contributed by atoms with van der Waals surface area (Å²) in [6, 6.07) is 6.73. The summed E-state index contributed by atoms with van der Waals surface area (Å²) in [6.07, 6.45) is 0. The molecule has 0 aliphatic rings. The topological polar surface area (TPSA) is 85.0 Å². The van der Waals surface area contributed by atoms with Crippen LogP contribution in [-0.2, 0) is 10.0 Å². The molecule has 18 heavy (non-hydrogen) atoms. The minimum atomic E-state index is -3.78. The molecule has 1 rings (SSSR count). The maximum atomic E-state index is 12.1. The SMILES string of the molecule is CC(C#N)N(C)S(=O)(=O)c1ccc(C#N)c(Cl)c1. The smallest absolute Gasteiger partial charge is 0.207 e. The van der Waals surface area contributed by atoms with E-state index in [1.807, 2.05) is 12.1 Å². The number of nitriles is 2. The molecule has 5 nitrogen and oxygen atoms in total. The highest BCUT2D eigenvalue weighted by Gasteiger charge is 2.25. The van der Waals surface area contributed by atoms with Gasteiger partial charge >= 0.3 is 0 Å². The van der Waals surface area contributed by atoms with E-state index in [1.165, 1.54) is 32.2 Å². The van der Waals surface area contributed by atoms with Gasteiger partial charge in [-0.25, -0.2) is 8.42 Å². The summed E-state index contributed by atoms with van der Waals surface area (Å²) >= 11 is 5.78. The number of hydrogen-bond donors (Lipinski definition) is 0. The lowest BCUT2D eigenvalue weighted by molar-refractivity contribution is 0.442. The molecule has 0 amide bonds. The van der Waals surface area contributed by atoms with E-state index in [4.69, 9.17) is 22.1 Å². The summed E-state index contributed by atoms with van der Waals surface area (Å²) < 4.78 is 25.2. The Labute approximate surface area is 111 Å². The highest BCUT2D eigenvalue weighted by Crippen LogP contribution is 2.23. The number of rotatable bonds is 3. The van der Waals surface area contributed by atoms with Crippen molar-refractivity contribution in [1.82, 2.24) is 4.31 Å². The fourth-order valence-electron chi connectivity index (χ4n) is 1.20. The number of nitrogens with zero attached hydrogens (tertiary/aromatic N) is 3. The molecule has 0 saturated heterocycles. The van der Waals surface area contributed by atoms with E-state index < -0.39 is 16.1 Å². The predicted octanol–water partition coefficient (Wildman–Crippen LogP) is 1.74. The molecule has 0 bridgehead atoms. The maximum Gasteiger partial charge on any atom is 0.244 e. The van der Waals surface area contributed by atoms with Crippen LogP contribution in [0.5, 0.6) is 0 Å². The lowest BCUT2D eigenvalue weighted by atomic mass is 10.2. The molecule has 1 aromatic rings. The van der Waals surface area contributed by atoms with Crippen molar-refractivity contribution in [2.75, 3.05) is 7.05 Å². The maximum absolute atomic E-state index is 12.1. The van der Waals surface area contributed by atoms with Crippen LogP contribution in [0.15, 0.2) is 23.1 Å². The van der Waals surface area contributed by atoms with E-state index in [1.54, 1.807) is 0 Å². The molecule has 0 aliphatic heterocycles. The second-order valence-corrected chi connectivity index (χ2v) is 5.98. The molecule has 0 N–H and O–H groups in total. The largest absolute Gasteiger partial charge is 0.244 e. The molecule has 1 atom stereocenters. The second-order valence-electron chi connectivity index (χ2n) is 3.58. The van der Waals surface area contributed by atoms with Crippen LogP contribution >= 0.6 is 11.6 Å². The Morgan fingerprint density at radius 2 is 2.00 bits per heavy atom. The van der Waals surface area contributed by atoms with Crippen molar-refractivity contribution in [1.29, 1.82) is 10.5 Å². The van der Waals surface area contributed by atoms with E-state index in [2.05, 4.69) is 0 Å². The zero-order chi connectivity index (χ0) is 13.9. The van der Waals surface area contributed by atoms with Crippen LogP contribution in [0.4, 0.5) is 0 Å². The van der Waals surface area contributed by atoms with Crippen LogP contribution in [0.2, 0.25) is 5.02 Å². The molecule has 0 fully saturated rings. The third-order valence-electron chi connectivity index (χ3n) is 2.47. The predicted molar refractivity (Wildman–Crippen MR) is 66.2 cm³/mol. The van der Waals surface area contributed by atoms with Crippen molar-refractivity contribution in [3.63, 3.8) is 0 Å². The zero-order valence-electron chi connectivity index (χ0n) is 9.75. The van der Waals surface area contributed by atoms with Crippen LogP contribution in [0.25, 0.3) is 0 Å². The molecule has 0 saturated carbocycles. The van der Waals surface area contributed by atoms with Crippen LogP contribution in [-0.4, -0.2) is 25.8 Å². The molecule has 0 heterocycles. The van der Waals surface area contributed by atoms with Gasteiger partial charge in [-0.2, -0.15) is 14.8 Å². The monoisotopic (exact) mass is 283 g/mol. The molecule has 0 aromatic heterocycles. The number of sulfonamides is 1. The van der Waals surface area contributed by atoms with Gasteiger partial charge in [0.05, 0.1) is 21.6 Å². The summed E-state index contributed by atoms with van der Waals surface area (Å²) in [4.78, 5) is -0.0453. The van der Waals surface area contributed by atoms with E-state index in [-0.39, 0.29) is 15.5 Å². The van der Waals surface area contributed by atoms with Crippen molar-refractivity contribution in [3.8, 4) is 12.1 Å². The molecule has 1 unspecified atom stereocenters. The highest BCUT2D eigenvalue weighted by molar-refractivity contribution is 7.89. The van der Waals surface area contributed by atoms with Gasteiger partial charge in [-0.3, -0.25) is 0 Å². The minimum Gasteiger partial charge on any atom is -0.207 e. The quantitative estimate of drug-likeness (QED) is 0.846. The fraction of sp³-hybridized carbons (Fsp3) is 0.273. The molecule has 94 valence electrons. The summed E-state index contributed by atoms with van der Waals surface area (Å²) in [5.74, 6) is 0. The van der Waals surface area contributed by atoms with Gasteiger partial charge in [-0.05, 0) is 25.1 Å². The first kappa shape index (κ1) is 14.5. The van der Waals surface area contributed by atoms with Gasteiger partial charge < -0.3 is 0 Å². The van der Waals surface area contributed by atoms with Crippen LogP contribution in [0.1, 0.15) is 12.5 Å². The lowest BCUT2D eigenvalue weighted by Crippen LogP contribution is -2.34. The number of hydrogen-bond acceptors (Lipinski definition) is 4. The normalized spacial score (nSPS) is 12.8.